The molecule has 26 heavy (non-hydrogen) atoms. The van der Waals surface area contributed by atoms with Gasteiger partial charge in [0.1, 0.15) is 0 Å². The average molecular weight is 358 g/mol. The maximum Gasteiger partial charge on any atom is 0.291 e. The molecule has 0 aliphatic heterocycles. The number of rotatable bonds is 2. The van der Waals surface area contributed by atoms with Crippen molar-refractivity contribution < 1.29 is 20.3 Å². The SMILES string of the molecule is O=c1c2cc([N+](=O)[O-])cc3c2c2c(cc([N+](=O)[O-])cc2n1O)c(=O)n3O. The molecule has 0 unspecified atom stereocenters. The van der Waals surface area contributed by atoms with Gasteiger partial charge in [0.15, 0.2) is 0 Å². The van der Waals surface area contributed by atoms with Crippen LogP contribution >= 0.6 is 0 Å². The Hall–Kier alpha value is -4.22. The Bertz CT molecular complexity index is 1290. The first-order chi connectivity index (χ1) is 12.2. The van der Waals surface area contributed by atoms with Crippen LogP contribution in [0, 0.1) is 20.2 Å². The molecule has 2 aromatic heterocycles. The van der Waals surface area contributed by atoms with Gasteiger partial charge in [-0.25, -0.2) is 0 Å². The largest absolute Gasteiger partial charge is 0.425 e. The van der Waals surface area contributed by atoms with Crippen molar-refractivity contribution >= 4 is 44.0 Å². The molecule has 0 spiro atoms. The highest BCUT2D eigenvalue weighted by Gasteiger charge is 2.25. The van der Waals surface area contributed by atoms with E-state index >= 15 is 0 Å². The van der Waals surface area contributed by atoms with Crippen LogP contribution in [0.4, 0.5) is 11.4 Å². The molecule has 0 aliphatic carbocycles. The van der Waals surface area contributed by atoms with E-state index in [4.69, 9.17) is 0 Å². The molecule has 4 aromatic rings. The van der Waals surface area contributed by atoms with Crippen LogP contribution in [0.3, 0.4) is 0 Å². The van der Waals surface area contributed by atoms with Gasteiger partial charge in [0.05, 0.1) is 31.7 Å². The van der Waals surface area contributed by atoms with E-state index < -0.39 is 32.3 Å². The van der Waals surface area contributed by atoms with Crippen LogP contribution in [0.5, 0.6) is 0 Å². The molecule has 0 bridgehead atoms. The molecule has 0 saturated heterocycles. The summed E-state index contributed by atoms with van der Waals surface area (Å²) in [4.78, 5) is 45.3. The minimum atomic E-state index is -1.09. The molecule has 2 heterocycles. The number of benzene rings is 2. The second kappa shape index (κ2) is 4.66. The smallest absolute Gasteiger partial charge is 0.291 e. The summed E-state index contributed by atoms with van der Waals surface area (Å²) in [7, 11) is 0. The highest BCUT2D eigenvalue weighted by Crippen LogP contribution is 2.34. The molecular weight excluding hydrogens is 352 g/mol. The summed E-state index contributed by atoms with van der Waals surface area (Å²) in [5.41, 5.74) is -4.01. The van der Waals surface area contributed by atoms with Crippen LogP contribution in [0.25, 0.3) is 32.6 Å². The highest BCUT2D eigenvalue weighted by molar-refractivity contribution is 6.21. The molecule has 0 saturated carbocycles. The van der Waals surface area contributed by atoms with Crippen molar-refractivity contribution in [2.45, 2.75) is 0 Å². The Labute approximate surface area is 139 Å². The van der Waals surface area contributed by atoms with Gasteiger partial charge in [-0.2, -0.15) is 0 Å². The molecular formula is C14H6N4O8. The zero-order chi connectivity index (χ0) is 18.9. The van der Waals surface area contributed by atoms with Crippen molar-refractivity contribution in [3.8, 4) is 0 Å². The third kappa shape index (κ3) is 1.71. The van der Waals surface area contributed by atoms with E-state index in [1.165, 1.54) is 0 Å². The maximum absolute atomic E-state index is 12.4. The third-order valence-corrected chi connectivity index (χ3v) is 4.18. The number of aromatic nitrogens is 2. The molecule has 12 heteroatoms. The number of nitro benzene ring substituents is 2. The summed E-state index contributed by atoms with van der Waals surface area (Å²) in [6.45, 7) is 0. The van der Waals surface area contributed by atoms with Gasteiger partial charge in [-0.1, -0.05) is 0 Å². The standard InChI is InChI=1S/C14H6N4O8/c19-13-7-1-5(17(23)24)3-9-11(7)12-8(14(20)16(9)22)2-6(18(25)26)4-10(12)15(13)21/h1-4,21-22H. The predicted molar refractivity (Wildman–Crippen MR) is 86.3 cm³/mol. The summed E-state index contributed by atoms with van der Waals surface area (Å²) >= 11 is 0. The van der Waals surface area contributed by atoms with E-state index in [0.717, 1.165) is 24.3 Å². The van der Waals surface area contributed by atoms with Gasteiger partial charge < -0.3 is 10.4 Å². The van der Waals surface area contributed by atoms with E-state index in [9.17, 15) is 40.2 Å². The molecule has 0 fully saturated rings. The molecule has 12 nitrogen and oxygen atoms in total. The monoisotopic (exact) mass is 358 g/mol. The minimum absolute atomic E-state index is 0.0344. The average Bonchev–Trinajstić information content (AvgIpc) is 2.61. The lowest BCUT2D eigenvalue weighted by Crippen LogP contribution is -2.24. The molecule has 0 aliphatic rings. The van der Waals surface area contributed by atoms with Crippen LogP contribution in [0.2, 0.25) is 0 Å². The second-order valence-electron chi connectivity index (χ2n) is 5.52. The Balaban J connectivity index is 2.46. The lowest BCUT2D eigenvalue weighted by molar-refractivity contribution is -0.384. The van der Waals surface area contributed by atoms with Crippen LogP contribution in [0.15, 0.2) is 33.9 Å². The molecule has 2 aromatic carbocycles. The van der Waals surface area contributed by atoms with Gasteiger partial charge in [-0.15, -0.1) is 9.46 Å². The summed E-state index contributed by atoms with van der Waals surface area (Å²) in [6, 6.07) is 3.57. The first-order valence-electron chi connectivity index (χ1n) is 6.94. The lowest BCUT2D eigenvalue weighted by Gasteiger charge is -2.13. The molecule has 0 atom stereocenters. The van der Waals surface area contributed by atoms with Crippen molar-refractivity contribution in [3.63, 3.8) is 0 Å². The van der Waals surface area contributed by atoms with E-state index in [1.807, 2.05) is 0 Å². The molecule has 0 amide bonds. The Kier molecular flexibility index (Phi) is 2.74. The first kappa shape index (κ1) is 15.3. The summed E-state index contributed by atoms with van der Waals surface area (Å²) in [5, 5.41) is 41.6. The number of nitrogens with zero attached hydrogens (tertiary/aromatic N) is 4. The first-order valence-corrected chi connectivity index (χ1v) is 6.94. The zero-order valence-electron chi connectivity index (χ0n) is 12.4. The van der Waals surface area contributed by atoms with Crippen molar-refractivity contribution in [3.05, 3.63) is 65.2 Å². The van der Waals surface area contributed by atoms with Gasteiger partial charge in [0, 0.05) is 35.0 Å². The van der Waals surface area contributed by atoms with Crippen molar-refractivity contribution in [2.75, 3.05) is 0 Å². The van der Waals surface area contributed by atoms with Crippen LogP contribution < -0.4 is 11.1 Å². The Morgan fingerprint density at radius 2 is 1.08 bits per heavy atom. The summed E-state index contributed by atoms with van der Waals surface area (Å²) in [5.74, 6) is 0. The number of nitro groups is 2. The number of hydrogen-bond acceptors (Lipinski definition) is 8. The minimum Gasteiger partial charge on any atom is -0.425 e. The molecule has 4 rings (SSSR count). The number of non-ortho nitro benzene ring substituents is 2. The van der Waals surface area contributed by atoms with E-state index in [2.05, 4.69) is 0 Å². The predicted octanol–water partition coefficient (Wildman–Crippen LogP) is 1.20. The van der Waals surface area contributed by atoms with Crippen LogP contribution in [-0.2, 0) is 0 Å². The fourth-order valence-corrected chi connectivity index (χ4v) is 3.08. The van der Waals surface area contributed by atoms with E-state index in [1.54, 1.807) is 0 Å². The fraction of sp³-hybridized carbons (Fsp3) is 0. The molecule has 0 radical (unpaired) electrons. The second-order valence-corrected chi connectivity index (χ2v) is 5.52. The van der Waals surface area contributed by atoms with Crippen LogP contribution in [-0.4, -0.2) is 29.7 Å². The fourth-order valence-electron chi connectivity index (χ4n) is 3.08. The number of hydrogen-bond donors (Lipinski definition) is 2. The quantitative estimate of drug-likeness (QED) is 0.233. The van der Waals surface area contributed by atoms with Crippen molar-refractivity contribution in [1.82, 2.24) is 9.46 Å². The zero-order valence-corrected chi connectivity index (χ0v) is 12.4. The molecule has 130 valence electrons. The maximum atomic E-state index is 12.4. The van der Waals surface area contributed by atoms with Crippen LogP contribution in [0.1, 0.15) is 0 Å². The van der Waals surface area contributed by atoms with Gasteiger partial charge in [-0.05, 0) is 0 Å². The van der Waals surface area contributed by atoms with Gasteiger partial charge >= 0.3 is 0 Å². The van der Waals surface area contributed by atoms with Crippen molar-refractivity contribution in [1.29, 1.82) is 0 Å². The lowest BCUT2D eigenvalue weighted by atomic mass is 10.00. The highest BCUT2D eigenvalue weighted by atomic mass is 16.6. The topological polar surface area (TPSA) is 171 Å². The summed E-state index contributed by atoms with van der Waals surface area (Å²) < 4.78 is 0.171. The van der Waals surface area contributed by atoms with E-state index in [-0.39, 0.29) is 42.0 Å². The third-order valence-electron chi connectivity index (χ3n) is 4.18. The normalized spacial score (nSPS) is 11.5. The van der Waals surface area contributed by atoms with E-state index in [0.29, 0.717) is 0 Å². The van der Waals surface area contributed by atoms with Gasteiger partial charge in [0.2, 0.25) is 0 Å². The summed E-state index contributed by atoms with van der Waals surface area (Å²) in [6.07, 6.45) is 0. The Morgan fingerprint density at radius 1 is 0.731 bits per heavy atom. The molecule has 2 N–H and O–H groups in total. The van der Waals surface area contributed by atoms with Gasteiger partial charge in [-0.3, -0.25) is 29.8 Å². The Morgan fingerprint density at radius 3 is 1.38 bits per heavy atom. The van der Waals surface area contributed by atoms with Gasteiger partial charge in [0.25, 0.3) is 22.5 Å². The van der Waals surface area contributed by atoms with Crippen molar-refractivity contribution in [2.24, 2.45) is 0 Å². The number of pyridine rings is 2.